The molecule has 1 aliphatic rings. The molecule has 0 saturated heterocycles. The summed E-state index contributed by atoms with van der Waals surface area (Å²) >= 11 is 7.35. The minimum absolute atomic E-state index is 0.0441. The Balaban J connectivity index is 2.32. The van der Waals surface area contributed by atoms with Crippen molar-refractivity contribution in [2.24, 2.45) is 0 Å². The summed E-state index contributed by atoms with van der Waals surface area (Å²) in [6, 6.07) is 7.97. The van der Waals surface area contributed by atoms with E-state index < -0.39 is 17.5 Å². The molecule has 0 unspecified atom stereocenters. The Morgan fingerprint density at radius 3 is 1.68 bits per heavy atom. The van der Waals surface area contributed by atoms with Gasteiger partial charge in [-0.05, 0) is 98.0 Å². The zero-order valence-electron chi connectivity index (χ0n) is 21.0. The number of hydrogen-bond acceptors (Lipinski definition) is 5. The average molecular weight is 632 g/mol. The highest BCUT2D eigenvalue weighted by atomic mass is 79.9. The van der Waals surface area contributed by atoms with Crippen LogP contribution in [0.5, 0.6) is 11.5 Å². The third-order valence-corrected chi connectivity index (χ3v) is 8.93. The topological polar surface area (TPSA) is 104 Å². The molecule has 0 bridgehead atoms. The van der Waals surface area contributed by atoms with E-state index in [0.29, 0.717) is 45.8 Å². The second-order valence-electron chi connectivity index (χ2n) is 9.02. The molecule has 0 atom stereocenters. The van der Waals surface area contributed by atoms with Crippen molar-refractivity contribution in [1.29, 1.82) is 0 Å². The molecule has 0 saturated carbocycles. The van der Waals surface area contributed by atoms with E-state index in [1.54, 1.807) is 0 Å². The van der Waals surface area contributed by atoms with Gasteiger partial charge < -0.3 is 20.1 Å². The van der Waals surface area contributed by atoms with Gasteiger partial charge in [-0.3, -0.25) is 0 Å². The van der Waals surface area contributed by atoms with Gasteiger partial charge in [0.05, 0.1) is 22.3 Å². The molecule has 3 aromatic carbocycles. The number of benzene rings is 3. The minimum atomic E-state index is -1.83. The van der Waals surface area contributed by atoms with Crippen molar-refractivity contribution in [2.75, 3.05) is 0 Å². The van der Waals surface area contributed by atoms with E-state index in [1.807, 2.05) is 39.8 Å². The lowest BCUT2D eigenvalue weighted by molar-refractivity contribution is 0.0234. The van der Waals surface area contributed by atoms with Crippen molar-refractivity contribution in [3.05, 3.63) is 89.3 Å². The largest absolute Gasteiger partial charge is 0.507 e. The van der Waals surface area contributed by atoms with Gasteiger partial charge >= 0.3 is 11.9 Å². The predicted molar refractivity (Wildman–Crippen MR) is 148 cm³/mol. The fourth-order valence-corrected chi connectivity index (χ4v) is 6.85. The Morgan fingerprint density at radius 1 is 0.811 bits per heavy atom. The average Bonchev–Trinajstić information content (AvgIpc) is 3.16. The molecule has 6 nitrogen and oxygen atoms in total. The van der Waals surface area contributed by atoms with Gasteiger partial charge in [-0.25, -0.2) is 9.59 Å². The molecule has 0 radical (unpaired) electrons. The number of halogens is 2. The molecular weight excluding hydrogens is 604 g/mol. The second-order valence-corrected chi connectivity index (χ2v) is 10.6. The molecule has 4 rings (SSSR count). The van der Waals surface area contributed by atoms with E-state index >= 15 is 0 Å². The summed E-state index contributed by atoms with van der Waals surface area (Å²) in [6.07, 6.45) is 2.26. The van der Waals surface area contributed by atoms with Gasteiger partial charge in [-0.15, -0.1) is 0 Å². The molecule has 3 N–H and O–H groups in total. The lowest BCUT2D eigenvalue weighted by atomic mass is 9.75. The number of rotatable bonds is 7. The fourth-order valence-electron chi connectivity index (χ4n) is 5.12. The first-order valence-electron chi connectivity index (χ1n) is 12.3. The van der Waals surface area contributed by atoms with E-state index in [2.05, 4.69) is 31.9 Å². The molecule has 194 valence electrons. The van der Waals surface area contributed by atoms with Gasteiger partial charge in [0.1, 0.15) is 11.5 Å². The summed E-state index contributed by atoms with van der Waals surface area (Å²) in [7, 11) is 0. The Kier molecular flexibility index (Phi) is 7.45. The highest BCUT2D eigenvalue weighted by molar-refractivity contribution is 9.11. The number of hydrogen-bond donors (Lipinski definition) is 3. The lowest BCUT2D eigenvalue weighted by Crippen LogP contribution is -2.32. The molecule has 0 spiro atoms. The summed E-state index contributed by atoms with van der Waals surface area (Å²) in [4.78, 5) is 25.4. The maximum Gasteiger partial charge on any atom is 0.340 e. The Labute approximate surface area is 232 Å². The van der Waals surface area contributed by atoms with Crippen LogP contribution in [0.15, 0.2) is 39.3 Å². The van der Waals surface area contributed by atoms with Crippen LogP contribution in [0.25, 0.3) is 0 Å². The van der Waals surface area contributed by atoms with Crippen molar-refractivity contribution in [3.8, 4) is 11.5 Å². The van der Waals surface area contributed by atoms with Crippen LogP contribution >= 0.6 is 31.9 Å². The minimum Gasteiger partial charge on any atom is -0.507 e. The number of aromatic carboxylic acids is 1. The Hall–Kier alpha value is -2.84. The van der Waals surface area contributed by atoms with Crippen LogP contribution in [-0.2, 0) is 36.0 Å². The Morgan fingerprint density at radius 2 is 1.27 bits per heavy atom. The van der Waals surface area contributed by atoms with Crippen LogP contribution in [0.2, 0.25) is 0 Å². The van der Waals surface area contributed by atoms with Crippen molar-refractivity contribution in [2.45, 2.75) is 59.0 Å². The number of carboxylic acids is 1. The number of cyclic esters (lactones) is 1. The summed E-state index contributed by atoms with van der Waals surface area (Å²) in [5, 5.41) is 33.1. The SMILES string of the molecule is CCc1cc(CC)c(Br)c(C2(c3c(O)c(CC)cc(CC)c3Br)OC(=O)c3ccc(C(=O)O)cc32)c1O. The number of carbonyl (C=O) groups is 2. The summed E-state index contributed by atoms with van der Waals surface area (Å²) < 4.78 is 7.29. The number of phenolic OH excluding ortho intramolecular Hbond substituents is 2. The molecule has 0 amide bonds. The second kappa shape index (κ2) is 10.1. The molecular formula is C29H28Br2O6. The van der Waals surface area contributed by atoms with Gasteiger partial charge in [-0.1, -0.05) is 39.8 Å². The third-order valence-electron chi connectivity index (χ3n) is 7.12. The number of carboxylic acid groups (broad SMARTS) is 1. The van der Waals surface area contributed by atoms with Crippen LogP contribution < -0.4 is 0 Å². The summed E-state index contributed by atoms with van der Waals surface area (Å²) in [5.74, 6) is -2.02. The van der Waals surface area contributed by atoms with Crippen LogP contribution in [0.1, 0.15) is 87.4 Å². The molecule has 0 aromatic heterocycles. The molecule has 1 heterocycles. The normalized spacial score (nSPS) is 13.9. The van der Waals surface area contributed by atoms with E-state index in [0.717, 1.165) is 11.1 Å². The lowest BCUT2D eigenvalue weighted by Gasteiger charge is -2.35. The molecule has 0 aliphatic carbocycles. The first kappa shape index (κ1) is 27.2. The van der Waals surface area contributed by atoms with Crippen molar-refractivity contribution in [3.63, 3.8) is 0 Å². The monoisotopic (exact) mass is 630 g/mol. The maximum absolute atomic E-state index is 13.4. The molecule has 8 heteroatoms. The summed E-state index contributed by atoms with van der Waals surface area (Å²) in [6.45, 7) is 7.78. The van der Waals surface area contributed by atoms with Crippen LogP contribution in [0.3, 0.4) is 0 Å². The predicted octanol–water partition coefficient (Wildman–Crippen LogP) is 7.03. The van der Waals surface area contributed by atoms with Gasteiger partial charge in [0.15, 0.2) is 5.60 Å². The highest BCUT2D eigenvalue weighted by Crippen LogP contribution is 2.58. The van der Waals surface area contributed by atoms with E-state index in [4.69, 9.17) is 4.74 Å². The van der Waals surface area contributed by atoms with Gasteiger partial charge in [0, 0.05) is 14.5 Å². The first-order chi connectivity index (χ1) is 17.6. The number of esters is 1. The number of ether oxygens (including phenoxy) is 1. The quantitative estimate of drug-likeness (QED) is 0.242. The fraction of sp³-hybridized carbons (Fsp3) is 0.310. The zero-order valence-corrected chi connectivity index (χ0v) is 24.2. The number of aromatic hydroxyl groups is 2. The smallest absolute Gasteiger partial charge is 0.340 e. The van der Waals surface area contributed by atoms with E-state index in [9.17, 15) is 24.9 Å². The number of fused-ring (bicyclic) bond motifs is 1. The molecule has 1 aliphatic heterocycles. The van der Waals surface area contributed by atoms with Crippen LogP contribution in [0.4, 0.5) is 0 Å². The van der Waals surface area contributed by atoms with Crippen molar-refractivity contribution < 1.29 is 29.6 Å². The van der Waals surface area contributed by atoms with Crippen molar-refractivity contribution >= 4 is 43.8 Å². The molecule has 0 fully saturated rings. The number of carbonyl (C=O) groups excluding carboxylic acids is 1. The third kappa shape index (κ3) is 4.05. The summed E-state index contributed by atoms with van der Waals surface area (Å²) in [5.41, 5.74) is 2.09. The van der Waals surface area contributed by atoms with Gasteiger partial charge in [0.25, 0.3) is 0 Å². The Bertz CT molecular complexity index is 1320. The van der Waals surface area contributed by atoms with Gasteiger partial charge in [0.2, 0.25) is 0 Å². The van der Waals surface area contributed by atoms with Crippen molar-refractivity contribution in [1.82, 2.24) is 0 Å². The highest BCUT2D eigenvalue weighted by Gasteiger charge is 2.54. The number of aryl methyl sites for hydroxylation is 4. The molecule has 3 aromatic rings. The first-order valence-corrected chi connectivity index (χ1v) is 13.8. The van der Waals surface area contributed by atoms with Gasteiger partial charge in [-0.2, -0.15) is 0 Å². The molecule has 37 heavy (non-hydrogen) atoms. The van der Waals surface area contributed by atoms with E-state index in [1.165, 1.54) is 18.2 Å². The van der Waals surface area contributed by atoms with Crippen LogP contribution in [-0.4, -0.2) is 27.3 Å². The maximum atomic E-state index is 13.4. The number of phenols is 2. The van der Waals surface area contributed by atoms with E-state index in [-0.39, 0.29) is 39.3 Å². The zero-order chi connectivity index (χ0) is 27.2. The standard InChI is InChI=1S/C29H28Br2O6/c1-5-14-11-16(7-3)25(32)21(23(14)30)29(22-24(31)15(6-2)12-17(8-4)26(22)33)20-13-18(27(34)35)9-10-19(20)28(36)37-29/h9-13,32-33H,5-8H2,1-4H3,(H,34,35). The van der Waals surface area contributed by atoms with Crippen LogP contribution in [0, 0.1) is 0 Å².